The molecule has 4 aromatic rings. The molecule has 1 heterocycles. The zero-order valence-corrected chi connectivity index (χ0v) is 20.5. The number of carbonyl (C=O) groups is 3. The Morgan fingerprint density at radius 2 is 1.63 bits per heavy atom. The predicted molar refractivity (Wildman–Crippen MR) is 138 cm³/mol. The molecule has 7 nitrogen and oxygen atoms in total. The fraction of sp³-hybridized carbons (Fsp3) is 0.115. The van der Waals surface area contributed by atoms with Crippen molar-refractivity contribution < 1.29 is 14.4 Å². The van der Waals surface area contributed by atoms with Gasteiger partial charge < -0.3 is 10.6 Å². The van der Waals surface area contributed by atoms with Gasteiger partial charge in [-0.25, -0.2) is 4.68 Å². The number of hydrogen-bond donors (Lipinski definition) is 3. The number of halogens is 2. The highest BCUT2D eigenvalue weighted by Gasteiger charge is 2.21. The molecule has 0 bridgehead atoms. The molecule has 0 aliphatic carbocycles. The van der Waals surface area contributed by atoms with Gasteiger partial charge in [-0.2, -0.15) is 0 Å². The molecule has 0 atom stereocenters. The number of rotatable bonds is 5. The molecule has 0 saturated heterocycles. The molecule has 0 saturated carbocycles. The molecule has 0 radical (unpaired) electrons. The summed E-state index contributed by atoms with van der Waals surface area (Å²) >= 11 is 12.3. The summed E-state index contributed by atoms with van der Waals surface area (Å²) in [5.74, 6) is -2.25. The summed E-state index contributed by atoms with van der Waals surface area (Å²) in [5, 5.41) is 6.99. The van der Waals surface area contributed by atoms with E-state index in [0.29, 0.717) is 32.2 Å². The van der Waals surface area contributed by atoms with E-state index in [1.165, 1.54) is 4.68 Å². The van der Waals surface area contributed by atoms with Crippen LogP contribution in [0.3, 0.4) is 0 Å². The van der Waals surface area contributed by atoms with Crippen molar-refractivity contribution in [2.75, 3.05) is 10.7 Å². The standard InChI is InChI=1S/C26H22Cl2N4O3/c1-15-6-8-17(9-7-15)14-29-25(34)26(35)31-32-22-11-10-19(27)12-18(22)13-23(32)24(33)30-21-5-3-4-20(28)16(21)2/h3-13H,14H2,1-2H3,(H,29,34)(H,30,33)(H,31,35). The molecule has 0 spiro atoms. The molecule has 9 heteroatoms. The SMILES string of the molecule is Cc1ccc(CNC(=O)C(=O)Nn2c(C(=O)Nc3cccc(Cl)c3C)cc3cc(Cl)ccc32)cc1. The molecule has 3 aromatic carbocycles. The fourth-order valence-electron chi connectivity index (χ4n) is 3.52. The monoisotopic (exact) mass is 508 g/mol. The average molecular weight is 509 g/mol. The van der Waals surface area contributed by atoms with Crippen LogP contribution in [-0.2, 0) is 16.1 Å². The van der Waals surface area contributed by atoms with Crippen LogP contribution in [-0.4, -0.2) is 22.4 Å². The molecule has 3 N–H and O–H groups in total. The Morgan fingerprint density at radius 1 is 0.886 bits per heavy atom. The number of nitrogens with zero attached hydrogens (tertiary/aromatic N) is 1. The van der Waals surface area contributed by atoms with Gasteiger partial charge in [0.2, 0.25) is 0 Å². The Bertz CT molecular complexity index is 1450. The maximum Gasteiger partial charge on any atom is 0.328 e. The van der Waals surface area contributed by atoms with E-state index >= 15 is 0 Å². The highest BCUT2D eigenvalue weighted by Crippen LogP contribution is 2.26. The minimum atomic E-state index is -0.919. The zero-order chi connectivity index (χ0) is 25.1. The number of anilines is 1. The van der Waals surface area contributed by atoms with Crippen molar-refractivity contribution in [1.82, 2.24) is 9.99 Å². The molecule has 4 rings (SSSR count). The van der Waals surface area contributed by atoms with Crippen molar-refractivity contribution >= 4 is 57.5 Å². The summed E-state index contributed by atoms with van der Waals surface area (Å²) in [6.07, 6.45) is 0. The van der Waals surface area contributed by atoms with Gasteiger partial charge in [0.1, 0.15) is 5.69 Å². The Labute approximate surface area is 212 Å². The predicted octanol–water partition coefficient (Wildman–Crippen LogP) is 5.20. The van der Waals surface area contributed by atoms with Crippen molar-refractivity contribution in [3.63, 3.8) is 0 Å². The van der Waals surface area contributed by atoms with Crippen LogP contribution in [0.25, 0.3) is 10.9 Å². The second kappa shape index (κ2) is 10.2. The van der Waals surface area contributed by atoms with Crippen molar-refractivity contribution in [3.8, 4) is 0 Å². The van der Waals surface area contributed by atoms with Gasteiger partial charge in [0.25, 0.3) is 5.91 Å². The first kappa shape index (κ1) is 24.3. The first-order chi connectivity index (χ1) is 16.7. The van der Waals surface area contributed by atoms with Crippen molar-refractivity contribution in [2.24, 2.45) is 0 Å². The summed E-state index contributed by atoms with van der Waals surface area (Å²) in [7, 11) is 0. The topological polar surface area (TPSA) is 92.2 Å². The van der Waals surface area contributed by atoms with Gasteiger partial charge in [-0.3, -0.25) is 19.8 Å². The van der Waals surface area contributed by atoms with Gasteiger partial charge in [-0.15, -0.1) is 0 Å². The van der Waals surface area contributed by atoms with E-state index in [2.05, 4.69) is 16.1 Å². The third-order valence-electron chi connectivity index (χ3n) is 5.51. The Morgan fingerprint density at radius 3 is 2.37 bits per heavy atom. The maximum absolute atomic E-state index is 13.2. The van der Waals surface area contributed by atoms with E-state index in [4.69, 9.17) is 23.2 Å². The van der Waals surface area contributed by atoms with Crippen LogP contribution < -0.4 is 16.1 Å². The van der Waals surface area contributed by atoms with E-state index in [0.717, 1.165) is 11.1 Å². The summed E-state index contributed by atoms with van der Waals surface area (Å²) in [5.41, 5.74) is 6.32. The van der Waals surface area contributed by atoms with Crippen LogP contribution in [0.4, 0.5) is 5.69 Å². The summed E-state index contributed by atoms with van der Waals surface area (Å²) in [4.78, 5) is 38.4. The zero-order valence-electron chi connectivity index (χ0n) is 19.0. The summed E-state index contributed by atoms with van der Waals surface area (Å²) < 4.78 is 1.27. The average Bonchev–Trinajstić information content (AvgIpc) is 3.18. The summed E-state index contributed by atoms with van der Waals surface area (Å²) in [6, 6.07) is 19.3. The number of fused-ring (bicyclic) bond motifs is 1. The van der Waals surface area contributed by atoms with Crippen molar-refractivity contribution in [3.05, 3.63) is 99.2 Å². The van der Waals surface area contributed by atoms with Crippen LogP contribution in [0.5, 0.6) is 0 Å². The fourth-order valence-corrected chi connectivity index (χ4v) is 3.88. The number of benzene rings is 3. The highest BCUT2D eigenvalue weighted by molar-refractivity contribution is 6.38. The third kappa shape index (κ3) is 5.48. The van der Waals surface area contributed by atoms with Crippen LogP contribution in [0.2, 0.25) is 10.0 Å². The quantitative estimate of drug-likeness (QED) is 0.323. The van der Waals surface area contributed by atoms with E-state index < -0.39 is 17.7 Å². The van der Waals surface area contributed by atoms with E-state index in [1.54, 1.807) is 49.4 Å². The molecule has 178 valence electrons. The van der Waals surface area contributed by atoms with E-state index in [-0.39, 0.29) is 12.2 Å². The van der Waals surface area contributed by atoms with Gasteiger partial charge in [0, 0.05) is 27.7 Å². The number of amides is 3. The number of hydrogen-bond acceptors (Lipinski definition) is 3. The van der Waals surface area contributed by atoms with Crippen LogP contribution in [0, 0.1) is 13.8 Å². The van der Waals surface area contributed by atoms with Crippen LogP contribution >= 0.6 is 23.2 Å². The van der Waals surface area contributed by atoms with E-state index in [1.807, 2.05) is 31.2 Å². The van der Waals surface area contributed by atoms with Crippen molar-refractivity contribution in [2.45, 2.75) is 20.4 Å². The molecular weight excluding hydrogens is 487 g/mol. The lowest BCUT2D eigenvalue weighted by atomic mass is 10.1. The lowest BCUT2D eigenvalue weighted by Gasteiger charge is -2.14. The molecule has 0 aliphatic heterocycles. The smallest absolute Gasteiger partial charge is 0.328 e. The van der Waals surface area contributed by atoms with Gasteiger partial charge >= 0.3 is 11.8 Å². The first-order valence-electron chi connectivity index (χ1n) is 10.7. The molecule has 1 aromatic heterocycles. The minimum Gasteiger partial charge on any atom is -0.344 e. The molecular formula is C26H22Cl2N4O3. The van der Waals surface area contributed by atoms with Gasteiger partial charge in [-0.05, 0) is 61.4 Å². The largest absolute Gasteiger partial charge is 0.344 e. The first-order valence-corrected chi connectivity index (χ1v) is 11.5. The normalized spacial score (nSPS) is 10.7. The molecule has 35 heavy (non-hydrogen) atoms. The Balaban J connectivity index is 1.58. The van der Waals surface area contributed by atoms with Crippen molar-refractivity contribution in [1.29, 1.82) is 0 Å². The Hall–Kier alpha value is -3.81. The van der Waals surface area contributed by atoms with Gasteiger partial charge in [0.05, 0.1) is 5.52 Å². The highest BCUT2D eigenvalue weighted by atomic mass is 35.5. The summed E-state index contributed by atoms with van der Waals surface area (Å²) in [6.45, 7) is 3.94. The number of aromatic nitrogens is 1. The molecule has 0 fully saturated rings. The lowest BCUT2D eigenvalue weighted by Crippen LogP contribution is -2.39. The molecule has 3 amide bonds. The molecule has 0 unspecified atom stereocenters. The third-order valence-corrected chi connectivity index (χ3v) is 6.15. The van der Waals surface area contributed by atoms with E-state index in [9.17, 15) is 14.4 Å². The molecule has 0 aliphatic rings. The maximum atomic E-state index is 13.2. The number of carbonyl (C=O) groups excluding carboxylic acids is 3. The number of nitrogens with one attached hydrogen (secondary N) is 3. The number of aryl methyl sites for hydroxylation is 1. The van der Waals surface area contributed by atoms with Crippen LogP contribution in [0.1, 0.15) is 27.2 Å². The van der Waals surface area contributed by atoms with Gasteiger partial charge in [-0.1, -0.05) is 59.1 Å². The second-order valence-corrected chi connectivity index (χ2v) is 8.89. The second-order valence-electron chi connectivity index (χ2n) is 8.04. The lowest BCUT2D eigenvalue weighted by molar-refractivity contribution is -0.136. The minimum absolute atomic E-state index is 0.112. The van der Waals surface area contributed by atoms with Crippen LogP contribution in [0.15, 0.2) is 66.7 Å². The Kier molecular flexibility index (Phi) is 7.10. The van der Waals surface area contributed by atoms with Gasteiger partial charge in [0.15, 0.2) is 0 Å².